The van der Waals surface area contributed by atoms with Crippen LogP contribution in [0.25, 0.3) is 11.0 Å². The molecule has 4 heteroatoms. The maximum Gasteiger partial charge on any atom is 0.178 e. The van der Waals surface area contributed by atoms with Crippen molar-refractivity contribution in [2.24, 2.45) is 0 Å². The van der Waals surface area contributed by atoms with Gasteiger partial charge < -0.3 is 14.3 Å². The fourth-order valence-corrected chi connectivity index (χ4v) is 3.12. The van der Waals surface area contributed by atoms with Crippen molar-refractivity contribution < 1.29 is 4.74 Å². The van der Waals surface area contributed by atoms with Gasteiger partial charge in [-0.05, 0) is 50.5 Å². The van der Waals surface area contributed by atoms with Gasteiger partial charge in [0.1, 0.15) is 11.3 Å². The smallest absolute Gasteiger partial charge is 0.178 e. The van der Waals surface area contributed by atoms with Crippen molar-refractivity contribution in [3.8, 4) is 5.75 Å². The van der Waals surface area contributed by atoms with Crippen LogP contribution in [0.2, 0.25) is 0 Å². The van der Waals surface area contributed by atoms with E-state index >= 15 is 0 Å². The van der Waals surface area contributed by atoms with Crippen LogP contribution in [0, 0.1) is 4.77 Å². The van der Waals surface area contributed by atoms with Crippen molar-refractivity contribution in [3.05, 3.63) is 35.1 Å². The standard InChI is InChI=1S/C15H18N2OS/c1-2-18-13-10-6-9-12-14(13)16-15(19)17(12)11-7-4-3-5-8-11/h3-4,6,9-11H,2,5,7-8H2,1H3,(H,16,19). The van der Waals surface area contributed by atoms with Crippen molar-refractivity contribution >= 4 is 23.3 Å². The first-order valence-corrected chi connectivity index (χ1v) is 7.23. The number of para-hydroxylation sites is 1. The minimum Gasteiger partial charge on any atom is -0.492 e. The van der Waals surface area contributed by atoms with Gasteiger partial charge in [-0.1, -0.05) is 18.2 Å². The molecule has 1 aliphatic carbocycles. The molecule has 3 rings (SSSR count). The number of fused-ring (bicyclic) bond motifs is 1. The zero-order valence-corrected chi connectivity index (χ0v) is 11.9. The van der Waals surface area contributed by atoms with Gasteiger partial charge >= 0.3 is 0 Å². The minimum atomic E-state index is 0.461. The lowest BCUT2D eigenvalue weighted by Crippen LogP contribution is -2.10. The lowest BCUT2D eigenvalue weighted by atomic mass is 10.0. The van der Waals surface area contributed by atoms with Crippen LogP contribution in [-0.2, 0) is 0 Å². The highest BCUT2D eigenvalue weighted by atomic mass is 32.1. The van der Waals surface area contributed by atoms with Gasteiger partial charge in [0.05, 0.1) is 12.1 Å². The molecule has 0 radical (unpaired) electrons. The number of H-pyrrole nitrogens is 1. The SMILES string of the molecule is CCOc1cccc2c1[nH]c(=S)n2C1CC=CCC1. The Bertz CT molecular complexity index is 668. The molecule has 19 heavy (non-hydrogen) atoms. The first kappa shape index (κ1) is 12.5. The molecule has 1 N–H and O–H groups in total. The highest BCUT2D eigenvalue weighted by Gasteiger charge is 2.17. The summed E-state index contributed by atoms with van der Waals surface area (Å²) in [4.78, 5) is 3.31. The lowest BCUT2D eigenvalue weighted by molar-refractivity contribution is 0.343. The predicted octanol–water partition coefficient (Wildman–Crippen LogP) is 4.38. The van der Waals surface area contributed by atoms with Crippen molar-refractivity contribution in [1.29, 1.82) is 0 Å². The van der Waals surface area contributed by atoms with Gasteiger partial charge in [0.25, 0.3) is 0 Å². The molecule has 1 heterocycles. The molecule has 3 nitrogen and oxygen atoms in total. The molecule has 0 bridgehead atoms. The molecule has 0 saturated carbocycles. The Balaban J connectivity index is 2.14. The molecule has 1 aromatic carbocycles. The van der Waals surface area contributed by atoms with Gasteiger partial charge in [0, 0.05) is 6.04 Å². The van der Waals surface area contributed by atoms with Crippen LogP contribution in [0.1, 0.15) is 32.2 Å². The average Bonchev–Trinajstić information content (AvgIpc) is 2.77. The normalized spacial score (nSPS) is 18.9. The molecule has 0 fully saturated rings. The number of nitrogens with zero attached hydrogens (tertiary/aromatic N) is 1. The number of imidazole rings is 1. The third-order valence-electron chi connectivity index (χ3n) is 3.62. The number of hydrogen-bond acceptors (Lipinski definition) is 2. The molecule has 0 spiro atoms. The highest BCUT2D eigenvalue weighted by molar-refractivity contribution is 7.71. The zero-order chi connectivity index (χ0) is 13.2. The second-order valence-electron chi connectivity index (χ2n) is 4.82. The number of rotatable bonds is 3. The summed E-state index contributed by atoms with van der Waals surface area (Å²) in [7, 11) is 0. The Labute approximate surface area is 117 Å². The molecule has 1 unspecified atom stereocenters. The van der Waals surface area contributed by atoms with Crippen LogP contribution in [0.15, 0.2) is 30.4 Å². The highest BCUT2D eigenvalue weighted by Crippen LogP contribution is 2.31. The summed E-state index contributed by atoms with van der Waals surface area (Å²) in [6, 6.07) is 6.60. The Morgan fingerprint density at radius 1 is 1.42 bits per heavy atom. The van der Waals surface area contributed by atoms with E-state index in [1.807, 2.05) is 19.1 Å². The van der Waals surface area contributed by atoms with E-state index in [0.29, 0.717) is 12.6 Å². The fourth-order valence-electron chi connectivity index (χ4n) is 2.77. The van der Waals surface area contributed by atoms with Gasteiger partial charge in [0.15, 0.2) is 4.77 Å². The van der Waals surface area contributed by atoms with Crippen LogP contribution in [0.4, 0.5) is 0 Å². The molecule has 2 aromatic rings. The van der Waals surface area contributed by atoms with Crippen molar-refractivity contribution in [3.63, 3.8) is 0 Å². The number of allylic oxidation sites excluding steroid dienone is 2. The minimum absolute atomic E-state index is 0.461. The van der Waals surface area contributed by atoms with E-state index in [4.69, 9.17) is 17.0 Å². The molecule has 100 valence electrons. The third kappa shape index (κ3) is 2.21. The molecule has 1 aliphatic rings. The third-order valence-corrected chi connectivity index (χ3v) is 3.92. The molecule has 0 aliphatic heterocycles. The van der Waals surface area contributed by atoms with E-state index in [9.17, 15) is 0 Å². The number of nitrogens with one attached hydrogen (secondary N) is 1. The van der Waals surface area contributed by atoms with E-state index in [2.05, 4.69) is 27.8 Å². The average molecular weight is 274 g/mol. The Kier molecular flexibility index (Phi) is 3.42. The first-order valence-electron chi connectivity index (χ1n) is 6.82. The van der Waals surface area contributed by atoms with E-state index < -0.39 is 0 Å². The summed E-state index contributed by atoms with van der Waals surface area (Å²) in [5, 5.41) is 0. The van der Waals surface area contributed by atoms with Gasteiger partial charge in [-0.25, -0.2) is 0 Å². The van der Waals surface area contributed by atoms with Gasteiger partial charge in [-0.15, -0.1) is 0 Å². The number of benzene rings is 1. The van der Waals surface area contributed by atoms with E-state index in [0.717, 1.165) is 40.8 Å². The second kappa shape index (κ2) is 5.21. The number of aromatic nitrogens is 2. The van der Waals surface area contributed by atoms with Crippen molar-refractivity contribution in [2.45, 2.75) is 32.2 Å². The topological polar surface area (TPSA) is 29.9 Å². The zero-order valence-electron chi connectivity index (χ0n) is 11.1. The van der Waals surface area contributed by atoms with Crippen LogP contribution in [-0.4, -0.2) is 16.2 Å². The van der Waals surface area contributed by atoms with E-state index in [1.54, 1.807) is 0 Å². The van der Waals surface area contributed by atoms with Crippen molar-refractivity contribution in [1.82, 2.24) is 9.55 Å². The fraction of sp³-hybridized carbons (Fsp3) is 0.400. The number of aromatic amines is 1. The molecule has 0 amide bonds. The van der Waals surface area contributed by atoms with Gasteiger partial charge in [-0.3, -0.25) is 0 Å². The van der Waals surface area contributed by atoms with E-state index in [-0.39, 0.29) is 0 Å². The monoisotopic (exact) mass is 274 g/mol. The summed E-state index contributed by atoms with van der Waals surface area (Å²) in [6.07, 6.45) is 7.84. The van der Waals surface area contributed by atoms with Crippen LogP contribution >= 0.6 is 12.2 Å². The Hall–Kier alpha value is -1.55. The summed E-state index contributed by atoms with van der Waals surface area (Å²) in [5.74, 6) is 0.885. The summed E-state index contributed by atoms with van der Waals surface area (Å²) >= 11 is 5.51. The maximum atomic E-state index is 5.67. The summed E-state index contributed by atoms with van der Waals surface area (Å²) < 4.78 is 8.71. The Morgan fingerprint density at radius 3 is 3.05 bits per heavy atom. The van der Waals surface area contributed by atoms with Crippen LogP contribution < -0.4 is 4.74 Å². The van der Waals surface area contributed by atoms with Crippen LogP contribution in [0.3, 0.4) is 0 Å². The summed E-state index contributed by atoms with van der Waals surface area (Å²) in [6.45, 7) is 2.66. The quantitative estimate of drug-likeness (QED) is 0.665. The molecular formula is C15H18N2OS. The number of ether oxygens (including phenoxy) is 1. The van der Waals surface area contributed by atoms with Gasteiger partial charge in [-0.2, -0.15) is 0 Å². The molecule has 1 aromatic heterocycles. The first-order chi connectivity index (χ1) is 9.31. The Morgan fingerprint density at radius 2 is 2.32 bits per heavy atom. The second-order valence-corrected chi connectivity index (χ2v) is 5.21. The molecule has 1 atom stereocenters. The van der Waals surface area contributed by atoms with Crippen LogP contribution in [0.5, 0.6) is 5.75 Å². The number of hydrogen-bond donors (Lipinski definition) is 1. The maximum absolute atomic E-state index is 5.67. The van der Waals surface area contributed by atoms with Gasteiger partial charge in [0.2, 0.25) is 0 Å². The summed E-state index contributed by atoms with van der Waals surface area (Å²) in [5.41, 5.74) is 2.17. The predicted molar refractivity (Wildman–Crippen MR) is 80.3 cm³/mol. The molecular weight excluding hydrogens is 256 g/mol. The van der Waals surface area contributed by atoms with Crippen molar-refractivity contribution in [2.75, 3.05) is 6.61 Å². The van der Waals surface area contributed by atoms with E-state index in [1.165, 1.54) is 0 Å². The lowest BCUT2D eigenvalue weighted by Gasteiger charge is -2.20. The largest absolute Gasteiger partial charge is 0.492 e. The molecule has 0 saturated heterocycles.